The molecule has 2 unspecified atom stereocenters. The molecular weight excluding hydrogens is 246 g/mol. The van der Waals surface area contributed by atoms with Crippen molar-refractivity contribution < 1.29 is 20.1 Å². The van der Waals surface area contributed by atoms with Gasteiger partial charge in [0.05, 0.1) is 5.56 Å². The van der Waals surface area contributed by atoms with Crippen molar-refractivity contribution in [2.24, 2.45) is 5.92 Å². The third-order valence-electron chi connectivity index (χ3n) is 3.69. The number of aliphatic hydroxyl groups excluding tert-OH is 1. The van der Waals surface area contributed by atoms with Gasteiger partial charge in [0.25, 0.3) is 5.91 Å². The van der Waals surface area contributed by atoms with Crippen LogP contribution in [0, 0.1) is 5.92 Å². The lowest BCUT2D eigenvalue weighted by molar-refractivity contribution is 0.0870. The zero-order valence-corrected chi connectivity index (χ0v) is 10.7. The molecular formula is C14H19NO4. The molecule has 1 aromatic carbocycles. The van der Waals surface area contributed by atoms with Crippen LogP contribution in [-0.4, -0.2) is 33.9 Å². The van der Waals surface area contributed by atoms with Gasteiger partial charge in [-0.3, -0.25) is 4.79 Å². The van der Waals surface area contributed by atoms with Crippen molar-refractivity contribution in [3.8, 4) is 11.5 Å². The molecule has 2 atom stereocenters. The fourth-order valence-electron chi connectivity index (χ4n) is 2.57. The summed E-state index contributed by atoms with van der Waals surface area (Å²) in [5, 5.41) is 31.0. The van der Waals surface area contributed by atoms with Crippen LogP contribution in [0.25, 0.3) is 0 Å². The predicted molar refractivity (Wildman–Crippen MR) is 70.1 cm³/mol. The van der Waals surface area contributed by atoms with Crippen molar-refractivity contribution in [1.82, 2.24) is 5.32 Å². The number of hydrogen-bond acceptors (Lipinski definition) is 4. The Hall–Kier alpha value is -1.75. The molecule has 19 heavy (non-hydrogen) atoms. The molecule has 0 aromatic heterocycles. The van der Waals surface area contributed by atoms with Gasteiger partial charge in [0.1, 0.15) is 11.5 Å². The van der Waals surface area contributed by atoms with E-state index >= 15 is 0 Å². The first kappa shape index (κ1) is 13.7. The molecule has 1 aliphatic rings. The second-order valence-corrected chi connectivity index (χ2v) is 5.01. The number of amides is 1. The van der Waals surface area contributed by atoms with Gasteiger partial charge < -0.3 is 20.6 Å². The molecule has 0 spiro atoms. The van der Waals surface area contributed by atoms with E-state index in [9.17, 15) is 20.1 Å². The van der Waals surface area contributed by atoms with E-state index in [1.807, 2.05) is 0 Å². The average Bonchev–Trinajstić information content (AvgIpc) is 2.39. The summed E-state index contributed by atoms with van der Waals surface area (Å²) in [5.74, 6) is -0.617. The predicted octanol–water partition coefficient (Wildman–Crippen LogP) is 1.38. The lowest BCUT2D eigenvalue weighted by atomic mass is 9.85. The van der Waals surface area contributed by atoms with Crippen molar-refractivity contribution in [3.63, 3.8) is 0 Å². The standard InChI is InChI=1S/C14H19NO4/c16-8-9-3-1-2-4-12(9)15-14(19)11-6-5-10(17)7-13(11)18/h5-7,9,12,16-18H,1-4,8H2,(H,15,19). The summed E-state index contributed by atoms with van der Waals surface area (Å²) >= 11 is 0. The third-order valence-corrected chi connectivity index (χ3v) is 3.69. The van der Waals surface area contributed by atoms with Gasteiger partial charge >= 0.3 is 0 Å². The second kappa shape index (κ2) is 5.93. The number of aliphatic hydroxyl groups is 1. The minimum absolute atomic E-state index is 0.0561. The van der Waals surface area contributed by atoms with Gasteiger partial charge in [-0.25, -0.2) is 0 Å². The Labute approximate surface area is 111 Å². The molecule has 0 heterocycles. The van der Waals surface area contributed by atoms with Crippen LogP contribution in [0.4, 0.5) is 0 Å². The summed E-state index contributed by atoms with van der Waals surface area (Å²) in [6.45, 7) is 0.0620. The molecule has 0 bridgehead atoms. The van der Waals surface area contributed by atoms with Gasteiger partial charge in [0, 0.05) is 24.6 Å². The number of aromatic hydroxyl groups is 2. The first-order chi connectivity index (χ1) is 9.11. The maximum absolute atomic E-state index is 12.1. The Morgan fingerprint density at radius 2 is 2.00 bits per heavy atom. The molecule has 0 saturated heterocycles. The smallest absolute Gasteiger partial charge is 0.255 e. The Kier molecular flexibility index (Phi) is 4.27. The van der Waals surface area contributed by atoms with E-state index in [1.165, 1.54) is 12.1 Å². The molecule has 0 aliphatic heterocycles. The summed E-state index contributed by atoms with van der Waals surface area (Å²) in [7, 11) is 0. The molecule has 1 aliphatic carbocycles. The van der Waals surface area contributed by atoms with Crippen LogP contribution in [0.1, 0.15) is 36.0 Å². The number of phenols is 2. The lowest BCUT2D eigenvalue weighted by Gasteiger charge is -2.30. The Morgan fingerprint density at radius 3 is 2.68 bits per heavy atom. The van der Waals surface area contributed by atoms with E-state index in [2.05, 4.69) is 5.32 Å². The van der Waals surface area contributed by atoms with E-state index in [4.69, 9.17) is 0 Å². The van der Waals surface area contributed by atoms with Crippen LogP contribution in [0.15, 0.2) is 18.2 Å². The van der Waals surface area contributed by atoms with Crippen molar-refractivity contribution >= 4 is 5.91 Å². The van der Waals surface area contributed by atoms with Crippen LogP contribution in [0.2, 0.25) is 0 Å². The highest BCUT2D eigenvalue weighted by Crippen LogP contribution is 2.26. The van der Waals surface area contributed by atoms with Gasteiger partial charge in [-0.1, -0.05) is 12.8 Å². The molecule has 0 radical (unpaired) electrons. The quantitative estimate of drug-likeness (QED) is 0.664. The number of carbonyl (C=O) groups is 1. The third kappa shape index (κ3) is 3.17. The normalized spacial score (nSPS) is 23.0. The zero-order valence-electron chi connectivity index (χ0n) is 10.7. The van der Waals surface area contributed by atoms with Gasteiger partial charge in [-0.2, -0.15) is 0 Å². The molecule has 1 saturated carbocycles. The fourth-order valence-corrected chi connectivity index (χ4v) is 2.57. The number of phenolic OH excluding ortho intramolecular Hbond substituents is 2. The highest BCUT2D eigenvalue weighted by atomic mass is 16.3. The first-order valence-corrected chi connectivity index (χ1v) is 6.55. The number of carbonyl (C=O) groups excluding carboxylic acids is 1. The lowest BCUT2D eigenvalue weighted by Crippen LogP contribution is -2.43. The van der Waals surface area contributed by atoms with Crippen LogP contribution < -0.4 is 5.32 Å². The van der Waals surface area contributed by atoms with Gasteiger partial charge in [-0.05, 0) is 25.0 Å². The van der Waals surface area contributed by atoms with Crippen LogP contribution >= 0.6 is 0 Å². The van der Waals surface area contributed by atoms with Gasteiger partial charge in [-0.15, -0.1) is 0 Å². The van der Waals surface area contributed by atoms with Crippen molar-refractivity contribution in [2.75, 3.05) is 6.61 Å². The Bertz CT molecular complexity index is 461. The molecule has 104 valence electrons. The summed E-state index contributed by atoms with van der Waals surface area (Å²) in [5.41, 5.74) is 0.139. The van der Waals surface area contributed by atoms with E-state index in [0.29, 0.717) is 0 Å². The Morgan fingerprint density at radius 1 is 1.26 bits per heavy atom. The summed E-state index contributed by atoms with van der Waals surface area (Å²) in [4.78, 5) is 12.1. The van der Waals surface area contributed by atoms with Crippen LogP contribution in [0.3, 0.4) is 0 Å². The van der Waals surface area contributed by atoms with E-state index in [1.54, 1.807) is 0 Å². The zero-order chi connectivity index (χ0) is 13.8. The number of hydrogen-bond donors (Lipinski definition) is 4. The van der Waals surface area contributed by atoms with E-state index < -0.39 is 0 Å². The van der Waals surface area contributed by atoms with Gasteiger partial charge in [0.2, 0.25) is 0 Å². The van der Waals surface area contributed by atoms with Crippen molar-refractivity contribution in [2.45, 2.75) is 31.7 Å². The molecule has 1 aromatic rings. The highest BCUT2D eigenvalue weighted by molar-refractivity contribution is 5.97. The molecule has 5 nitrogen and oxygen atoms in total. The maximum atomic E-state index is 12.1. The van der Waals surface area contributed by atoms with E-state index in [0.717, 1.165) is 31.7 Å². The van der Waals surface area contributed by atoms with E-state index in [-0.39, 0.29) is 41.5 Å². The fraction of sp³-hybridized carbons (Fsp3) is 0.500. The number of nitrogens with one attached hydrogen (secondary N) is 1. The SMILES string of the molecule is O=C(NC1CCCCC1CO)c1ccc(O)cc1O. The maximum Gasteiger partial charge on any atom is 0.255 e. The molecule has 2 rings (SSSR count). The largest absolute Gasteiger partial charge is 0.508 e. The van der Waals surface area contributed by atoms with Crippen molar-refractivity contribution in [1.29, 1.82) is 0 Å². The van der Waals surface area contributed by atoms with Crippen molar-refractivity contribution in [3.05, 3.63) is 23.8 Å². The summed E-state index contributed by atoms with van der Waals surface area (Å²) in [6, 6.07) is 3.83. The van der Waals surface area contributed by atoms with Crippen LogP contribution in [-0.2, 0) is 0 Å². The highest BCUT2D eigenvalue weighted by Gasteiger charge is 2.26. The minimum atomic E-state index is -0.372. The molecule has 1 amide bonds. The van der Waals surface area contributed by atoms with Gasteiger partial charge in [0.15, 0.2) is 0 Å². The summed E-state index contributed by atoms with van der Waals surface area (Å²) < 4.78 is 0. The molecule has 1 fully saturated rings. The topological polar surface area (TPSA) is 89.8 Å². The van der Waals surface area contributed by atoms with Crippen LogP contribution in [0.5, 0.6) is 11.5 Å². The number of rotatable bonds is 3. The molecule has 5 heteroatoms. The average molecular weight is 265 g/mol. The minimum Gasteiger partial charge on any atom is -0.508 e. The summed E-state index contributed by atoms with van der Waals surface area (Å²) in [6.07, 6.45) is 3.85. The number of benzene rings is 1. The Balaban J connectivity index is 2.07. The second-order valence-electron chi connectivity index (χ2n) is 5.01. The monoisotopic (exact) mass is 265 g/mol. The molecule has 4 N–H and O–H groups in total. The first-order valence-electron chi connectivity index (χ1n) is 6.55.